The molecule has 0 unspecified atom stereocenters. The average Bonchev–Trinajstić information content (AvgIpc) is 2.94. The summed E-state index contributed by atoms with van der Waals surface area (Å²) in [4.78, 5) is 24.6. The van der Waals surface area contributed by atoms with Crippen LogP contribution < -0.4 is 15.4 Å². The third kappa shape index (κ3) is 7.43. The van der Waals surface area contributed by atoms with E-state index < -0.39 is 21.8 Å². The number of carbonyl (C=O) groups is 2. The van der Waals surface area contributed by atoms with Gasteiger partial charge in [0.15, 0.2) is 0 Å². The second kappa shape index (κ2) is 12.2. The molecule has 0 aliphatic rings. The molecule has 8 heteroatoms. The van der Waals surface area contributed by atoms with Crippen molar-refractivity contribution in [3.8, 4) is 11.1 Å². The molecule has 4 rings (SSSR count). The second-order valence-corrected chi connectivity index (χ2v) is 10.7. The molecule has 0 bridgehead atoms. The monoisotopic (exact) mass is 539 g/mol. The first-order valence-corrected chi connectivity index (χ1v) is 13.8. The summed E-state index contributed by atoms with van der Waals surface area (Å²) in [5.74, 6) is -0.910. The van der Waals surface area contributed by atoms with Gasteiger partial charge in [-0.2, -0.15) is 0 Å². The largest absolute Gasteiger partial charge is 0.343 e. The van der Waals surface area contributed by atoms with Crippen LogP contribution in [-0.4, -0.2) is 26.8 Å². The minimum atomic E-state index is -3.87. The summed E-state index contributed by atoms with van der Waals surface area (Å²) in [6, 6.07) is 29.1. The van der Waals surface area contributed by atoms with E-state index in [4.69, 9.17) is 0 Å². The van der Waals surface area contributed by atoms with E-state index in [-0.39, 0.29) is 11.4 Å². The maximum absolute atomic E-state index is 12.9. The summed E-state index contributed by atoms with van der Waals surface area (Å²) in [7, 11) is -3.87. The smallest absolute Gasteiger partial charge is 0.261 e. The molecule has 0 radical (unpaired) electrons. The molecule has 7 nitrogen and oxygen atoms in total. The van der Waals surface area contributed by atoms with Crippen LogP contribution in [0.15, 0.2) is 108 Å². The minimum Gasteiger partial charge on any atom is -0.343 e. The molecule has 0 heterocycles. The lowest BCUT2D eigenvalue weighted by Crippen LogP contribution is -2.31. The molecular formula is C31H29N3O4S. The van der Waals surface area contributed by atoms with Gasteiger partial charge in [0.1, 0.15) is 0 Å². The molecule has 0 atom stereocenters. The maximum Gasteiger partial charge on any atom is 0.261 e. The van der Waals surface area contributed by atoms with Crippen molar-refractivity contribution in [2.45, 2.75) is 18.7 Å². The van der Waals surface area contributed by atoms with Crippen molar-refractivity contribution in [2.75, 3.05) is 16.6 Å². The second-order valence-electron chi connectivity index (χ2n) is 8.97. The fourth-order valence-corrected chi connectivity index (χ4v) is 5.00. The van der Waals surface area contributed by atoms with Crippen molar-refractivity contribution in [1.82, 2.24) is 5.32 Å². The van der Waals surface area contributed by atoms with Crippen LogP contribution >= 0.6 is 0 Å². The van der Waals surface area contributed by atoms with Gasteiger partial charge in [-0.05, 0) is 72.0 Å². The summed E-state index contributed by atoms with van der Waals surface area (Å²) in [5.41, 5.74) is 5.62. The number of anilines is 2. The van der Waals surface area contributed by atoms with E-state index in [9.17, 15) is 18.0 Å². The molecule has 0 aliphatic heterocycles. The number of hydrogen-bond donors (Lipinski definition) is 3. The Morgan fingerprint density at radius 2 is 1.49 bits per heavy atom. The van der Waals surface area contributed by atoms with Gasteiger partial charge in [0.25, 0.3) is 10.0 Å². The molecule has 0 aromatic heterocycles. The molecule has 2 amide bonds. The van der Waals surface area contributed by atoms with E-state index in [1.54, 1.807) is 24.3 Å². The number of carbonyl (C=O) groups excluding carboxylic acids is 2. The molecular weight excluding hydrogens is 510 g/mol. The molecule has 0 fully saturated rings. The van der Waals surface area contributed by atoms with E-state index in [1.807, 2.05) is 74.5 Å². The summed E-state index contributed by atoms with van der Waals surface area (Å²) in [5, 5.41) is 5.15. The first-order chi connectivity index (χ1) is 18.7. The standard InChI is InChI=1S/C31H29N3O4S/c1-22-8-6-13-29(23(22)2)34-39(37,38)28-12-7-11-27(20-28)33-31(36)21-32-30(35)19-16-24-14-17-26(18-15-24)25-9-4-3-5-10-25/h3-20,34H,21H2,1-2H3,(H,32,35)(H,33,36)/b19-16+. The van der Waals surface area contributed by atoms with Gasteiger partial charge in [0, 0.05) is 11.8 Å². The maximum atomic E-state index is 12.9. The molecule has 39 heavy (non-hydrogen) atoms. The van der Waals surface area contributed by atoms with Crippen LogP contribution in [0.25, 0.3) is 17.2 Å². The third-order valence-corrected chi connectivity index (χ3v) is 7.51. The van der Waals surface area contributed by atoms with Crippen LogP contribution in [0.5, 0.6) is 0 Å². The molecule has 3 N–H and O–H groups in total. The van der Waals surface area contributed by atoms with Gasteiger partial charge in [0.2, 0.25) is 11.8 Å². The van der Waals surface area contributed by atoms with Gasteiger partial charge >= 0.3 is 0 Å². The lowest BCUT2D eigenvalue weighted by molar-refractivity contribution is -0.121. The highest BCUT2D eigenvalue weighted by Crippen LogP contribution is 2.23. The van der Waals surface area contributed by atoms with Crippen molar-refractivity contribution in [3.63, 3.8) is 0 Å². The third-order valence-electron chi connectivity index (χ3n) is 6.15. The lowest BCUT2D eigenvalue weighted by Gasteiger charge is -2.13. The Morgan fingerprint density at radius 1 is 0.795 bits per heavy atom. The van der Waals surface area contributed by atoms with Crippen LogP contribution in [-0.2, 0) is 19.6 Å². The minimum absolute atomic E-state index is 0.00598. The topological polar surface area (TPSA) is 104 Å². The summed E-state index contributed by atoms with van der Waals surface area (Å²) in [6.45, 7) is 3.48. The predicted octanol–water partition coefficient (Wildman–Crippen LogP) is 5.54. The Bertz CT molecular complexity index is 1610. The van der Waals surface area contributed by atoms with Gasteiger partial charge in [0.05, 0.1) is 17.1 Å². The Kier molecular flexibility index (Phi) is 8.58. The SMILES string of the molecule is Cc1cccc(NS(=O)(=O)c2cccc(NC(=O)CNC(=O)/C=C/c3ccc(-c4ccccc4)cc3)c2)c1C. The molecule has 4 aromatic carbocycles. The van der Waals surface area contributed by atoms with Crippen molar-refractivity contribution >= 4 is 39.3 Å². The fourth-order valence-electron chi connectivity index (χ4n) is 3.83. The van der Waals surface area contributed by atoms with E-state index in [2.05, 4.69) is 15.4 Å². The Morgan fingerprint density at radius 3 is 2.23 bits per heavy atom. The number of sulfonamides is 1. The molecule has 0 saturated heterocycles. The van der Waals surface area contributed by atoms with Gasteiger partial charge in [-0.3, -0.25) is 14.3 Å². The number of aryl methyl sites for hydroxylation is 1. The zero-order valence-corrected chi connectivity index (χ0v) is 22.5. The van der Waals surface area contributed by atoms with E-state index >= 15 is 0 Å². The van der Waals surface area contributed by atoms with Crippen LogP contribution in [0.1, 0.15) is 16.7 Å². The predicted molar refractivity (Wildman–Crippen MR) is 156 cm³/mol. The number of benzene rings is 4. The number of amides is 2. The van der Waals surface area contributed by atoms with E-state index in [0.29, 0.717) is 11.4 Å². The molecule has 4 aromatic rings. The Balaban J connectivity index is 1.30. The summed E-state index contributed by atoms with van der Waals surface area (Å²) in [6.07, 6.45) is 3.02. The van der Waals surface area contributed by atoms with Crippen LogP contribution in [0.3, 0.4) is 0 Å². The number of rotatable bonds is 9. The number of nitrogens with one attached hydrogen (secondary N) is 3. The zero-order valence-electron chi connectivity index (χ0n) is 21.6. The van der Waals surface area contributed by atoms with Crippen LogP contribution in [0, 0.1) is 13.8 Å². The first-order valence-electron chi connectivity index (χ1n) is 12.3. The molecule has 0 spiro atoms. The van der Waals surface area contributed by atoms with Crippen molar-refractivity contribution < 1.29 is 18.0 Å². The van der Waals surface area contributed by atoms with Crippen LogP contribution in [0.4, 0.5) is 11.4 Å². The Labute approximate surface area is 228 Å². The van der Waals surface area contributed by atoms with Gasteiger partial charge in [-0.15, -0.1) is 0 Å². The molecule has 0 saturated carbocycles. The van der Waals surface area contributed by atoms with Crippen LogP contribution in [0.2, 0.25) is 0 Å². The van der Waals surface area contributed by atoms with Crippen molar-refractivity contribution in [3.05, 3.63) is 120 Å². The van der Waals surface area contributed by atoms with E-state index in [1.165, 1.54) is 24.3 Å². The van der Waals surface area contributed by atoms with Gasteiger partial charge in [-0.1, -0.05) is 72.8 Å². The van der Waals surface area contributed by atoms with Crippen molar-refractivity contribution in [2.24, 2.45) is 0 Å². The van der Waals surface area contributed by atoms with Crippen molar-refractivity contribution in [1.29, 1.82) is 0 Å². The Hall–Kier alpha value is -4.69. The zero-order chi connectivity index (χ0) is 27.8. The fraction of sp³-hybridized carbons (Fsp3) is 0.0968. The first kappa shape index (κ1) is 27.3. The molecule has 0 aliphatic carbocycles. The average molecular weight is 540 g/mol. The van der Waals surface area contributed by atoms with Gasteiger partial charge in [-0.25, -0.2) is 8.42 Å². The molecule has 198 valence electrons. The highest BCUT2D eigenvalue weighted by atomic mass is 32.2. The highest BCUT2D eigenvalue weighted by Gasteiger charge is 2.17. The lowest BCUT2D eigenvalue weighted by atomic mass is 10.0. The summed E-state index contributed by atoms with van der Waals surface area (Å²) < 4.78 is 28.4. The normalized spacial score (nSPS) is 11.2. The quantitative estimate of drug-likeness (QED) is 0.243. The number of hydrogen-bond acceptors (Lipinski definition) is 4. The van der Waals surface area contributed by atoms with Gasteiger partial charge < -0.3 is 10.6 Å². The highest BCUT2D eigenvalue weighted by molar-refractivity contribution is 7.92. The van der Waals surface area contributed by atoms with E-state index in [0.717, 1.165) is 27.8 Å². The summed E-state index contributed by atoms with van der Waals surface area (Å²) >= 11 is 0.